The first kappa shape index (κ1) is 23.6. The minimum absolute atomic E-state index is 0.128. The zero-order chi connectivity index (χ0) is 23.8. The van der Waals surface area contributed by atoms with Gasteiger partial charge in [0.1, 0.15) is 11.5 Å². The van der Waals surface area contributed by atoms with Crippen molar-refractivity contribution >= 4 is 23.1 Å². The molecule has 8 nitrogen and oxygen atoms in total. The molecule has 0 aliphatic carbocycles. The standard InChI is InChI=1S/C21H26F3N5O3/c1-13-11-18(28(26-13)20(2,3)4)25-19(30)14-7-9-27(10-8-14)16-6-5-15(21(22,23)24)12-17(16)29(31)32/h5-6,11-12,14H,7-10H2,1-4H3,(H,25,30). The fraction of sp³-hybridized carbons (Fsp3) is 0.524. The highest BCUT2D eigenvalue weighted by molar-refractivity contribution is 5.92. The molecule has 32 heavy (non-hydrogen) atoms. The third kappa shape index (κ3) is 5.03. The molecule has 0 radical (unpaired) electrons. The van der Waals surface area contributed by atoms with Gasteiger partial charge in [0.05, 0.1) is 21.7 Å². The van der Waals surface area contributed by atoms with Gasteiger partial charge in [-0.15, -0.1) is 0 Å². The molecule has 2 aromatic rings. The van der Waals surface area contributed by atoms with E-state index in [9.17, 15) is 28.1 Å². The molecule has 1 saturated heterocycles. The molecule has 0 bridgehead atoms. The van der Waals surface area contributed by atoms with Crippen molar-refractivity contribution in [1.29, 1.82) is 0 Å². The van der Waals surface area contributed by atoms with Crippen molar-refractivity contribution in [3.05, 3.63) is 45.6 Å². The Kier molecular flexibility index (Phi) is 6.21. The number of nitrogens with zero attached hydrogens (tertiary/aromatic N) is 4. The van der Waals surface area contributed by atoms with Crippen molar-refractivity contribution in [3.8, 4) is 0 Å². The van der Waals surface area contributed by atoms with Crippen molar-refractivity contribution < 1.29 is 22.9 Å². The van der Waals surface area contributed by atoms with Crippen LogP contribution in [0, 0.1) is 23.0 Å². The molecule has 2 heterocycles. The van der Waals surface area contributed by atoms with Gasteiger partial charge >= 0.3 is 6.18 Å². The molecule has 0 unspecified atom stereocenters. The Morgan fingerprint density at radius 2 is 1.81 bits per heavy atom. The smallest absolute Gasteiger partial charge is 0.366 e. The highest BCUT2D eigenvalue weighted by atomic mass is 19.4. The number of rotatable bonds is 4. The first-order valence-electron chi connectivity index (χ1n) is 10.3. The molecule has 1 amide bonds. The second-order valence-corrected chi connectivity index (χ2v) is 8.96. The van der Waals surface area contributed by atoms with Gasteiger partial charge in [0, 0.05) is 31.1 Å². The van der Waals surface area contributed by atoms with Crippen molar-refractivity contribution in [3.63, 3.8) is 0 Å². The van der Waals surface area contributed by atoms with Crippen molar-refractivity contribution in [2.45, 2.75) is 52.3 Å². The topological polar surface area (TPSA) is 93.3 Å². The number of aryl methyl sites for hydroxylation is 1. The number of aromatic nitrogens is 2. The lowest BCUT2D eigenvalue weighted by Gasteiger charge is -2.33. The van der Waals surface area contributed by atoms with Crippen LogP contribution in [-0.2, 0) is 16.5 Å². The van der Waals surface area contributed by atoms with Gasteiger partial charge in [0.25, 0.3) is 5.69 Å². The highest BCUT2D eigenvalue weighted by Gasteiger charge is 2.35. The Morgan fingerprint density at radius 1 is 1.19 bits per heavy atom. The highest BCUT2D eigenvalue weighted by Crippen LogP contribution is 2.37. The molecule has 11 heteroatoms. The summed E-state index contributed by atoms with van der Waals surface area (Å²) in [7, 11) is 0. The predicted molar refractivity (Wildman–Crippen MR) is 114 cm³/mol. The van der Waals surface area contributed by atoms with Crippen molar-refractivity contribution in [1.82, 2.24) is 9.78 Å². The van der Waals surface area contributed by atoms with E-state index in [1.807, 2.05) is 27.7 Å². The summed E-state index contributed by atoms with van der Waals surface area (Å²) in [6, 6.07) is 4.33. The summed E-state index contributed by atoms with van der Waals surface area (Å²) in [6.45, 7) is 8.41. The van der Waals surface area contributed by atoms with Gasteiger partial charge in [0.15, 0.2) is 0 Å². The van der Waals surface area contributed by atoms with Crippen LogP contribution in [0.25, 0.3) is 0 Å². The summed E-state index contributed by atoms with van der Waals surface area (Å²) in [5.74, 6) is 0.112. The monoisotopic (exact) mass is 453 g/mol. The first-order chi connectivity index (χ1) is 14.8. The summed E-state index contributed by atoms with van der Waals surface area (Å²) >= 11 is 0. The fourth-order valence-electron chi connectivity index (χ4n) is 3.82. The molecule has 0 saturated carbocycles. The number of benzene rings is 1. The maximum absolute atomic E-state index is 12.9. The molecule has 1 fully saturated rings. The lowest BCUT2D eigenvalue weighted by Crippen LogP contribution is -2.39. The van der Waals surface area contributed by atoms with E-state index in [1.54, 1.807) is 15.6 Å². The van der Waals surface area contributed by atoms with E-state index in [4.69, 9.17) is 0 Å². The lowest BCUT2D eigenvalue weighted by molar-refractivity contribution is -0.384. The summed E-state index contributed by atoms with van der Waals surface area (Å²) in [5.41, 5.74) is -1.06. The van der Waals surface area contributed by atoms with Crippen LogP contribution in [0.5, 0.6) is 0 Å². The van der Waals surface area contributed by atoms with Crippen LogP contribution in [0.15, 0.2) is 24.3 Å². The maximum atomic E-state index is 12.9. The van der Waals surface area contributed by atoms with E-state index in [-0.39, 0.29) is 23.1 Å². The number of alkyl halides is 3. The van der Waals surface area contributed by atoms with E-state index >= 15 is 0 Å². The van der Waals surface area contributed by atoms with E-state index in [1.165, 1.54) is 0 Å². The number of nitro benzene ring substituents is 1. The second-order valence-electron chi connectivity index (χ2n) is 8.96. The summed E-state index contributed by atoms with van der Waals surface area (Å²) in [5, 5.41) is 18.7. The molecule has 0 spiro atoms. The molecule has 3 rings (SSSR count). The van der Waals surface area contributed by atoms with E-state index in [2.05, 4.69) is 10.4 Å². The van der Waals surface area contributed by atoms with Crippen molar-refractivity contribution in [2.24, 2.45) is 5.92 Å². The van der Waals surface area contributed by atoms with Crippen LogP contribution in [0.3, 0.4) is 0 Å². The Balaban J connectivity index is 1.71. The molecule has 1 aliphatic heterocycles. The van der Waals surface area contributed by atoms with E-state index in [0.717, 1.165) is 17.8 Å². The van der Waals surface area contributed by atoms with Crippen molar-refractivity contribution in [2.75, 3.05) is 23.3 Å². The molecule has 1 aromatic carbocycles. The van der Waals surface area contributed by atoms with Gasteiger partial charge in [0.2, 0.25) is 5.91 Å². The zero-order valence-electron chi connectivity index (χ0n) is 18.4. The Bertz CT molecular complexity index is 1020. The van der Waals surface area contributed by atoms with Gasteiger partial charge < -0.3 is 10.2 Å². The minimum atomic E-state index is -4.66. The Labute approximate surface area is 183 Å². The number of nitro groups is 1. The van der Waals surface area contributed by atoms with E-state index in [0.29, 0.717) is 37.8 Å². The van der Waals surface area contributed by atoms with E-state index < -0.39 is 22.4 Å². The van der Waals surface area contributed by atoms with Gasteiger partial charge in [-0.1, -0.05) is 0 Å². The molecule has 0 atom stereocenters. The number of halogens is 3. The number of carbonyl (C=O) groups excluding carboxylic acids is 1. The summed E-state index contributed by atoms with van der Waals surface area (Å²) in [4.78, 5) is 25.1. The van der Waals surface area contributed by atoms with Crippen LogP contribution in [0.1, 0.15) is 44.9 Å². The Morgan fingerprint density at radius 3 is 2.34 bits per heavy atom. The van der Waals surface area contributed by atoms with Gasteiger partial charge in [-0.25, -0.2) is 4.68 Å². The van der Waals surface area contributed by atoms with Gasteiger partial charge in [-0.3, -0.25) is 14.9 Å². The van der Waals surface area contributed by atoms with Crippen LogP contribution in [0.2, 0.25) is 0 Å². The summed E-state index contributed by atoms with van der Waals surface area (Å²) in [6.07, 6.45) is -3.81. The van der Waals surface area contributed by atoms with Gasteiger partial charge in [-0.05, 0) is 52.7 Å². The average Bonchev–Trinajstić information content (AvgIpc) is 3.07. The quantitative estimate of drug-likeness (QED) is 0.534. The predicted octanol–water partition coefficient (Wildman–Crippen LogP) is 4.73. The second kappa shape index (κ2) is 8.44. The summed E-state index contributed by atoms with van der Waals surface area (Å²) < 4.78 is 40.6. The average molecular weight is 453 g/mol. The Hall–Kier alpha value is -3.11. The fourth-order valence-corrected chi connectivity index (χ4v) is 3.82. The number of nitrogens with one attached hydrogen (secondary N) is 1. The van der Waals surface area contributed by atoms with Crippen LogP contribution in [-0.4, -0.2) is 33.7 Å². The molecule has 1 aliphatic rings. The third-order valence-electron chi connectivity index (χ3n) is 5.42. The van der Waals surface area contributed by atoms with Crippen LogP contribution >= 0.6 is 0 Å². The molecule has 1 N–H and O–H groups in total. The normalized spacial score (nSPS) is 15.7. The SMILES string of the molecule is Cc1cc(NC(=O)C2CCN(c3ccc(C(F)(F)F)cc3[N+](=O)[O-])CC2)n(C(C)(C)C)n1. The molecular formula is C21H26F3N5O3. The number of hydrogen-bond acceptors (Lipinski definition) is 5. The maximum Gasteiger partial charge on any atom is 0.416 e. The third-order valence-corrected chi connectivity index (χ3v) is 5.42. The number of amides is 1. The minimum Gasteiger partial charge on any atom is -0.366 e. The molecule has 174 valence electrons. The zero-order valence-corrected chi connectivity index (χ0v) is 18.4. The lowest BCUT2D eigenvalue weighted by atomic mass is 9.95. The van der Waals surface area contributed by atoms with Gasteiger partial charge in [-0.2, -0.15) is 18.3 Å². The molecule has 1 aromatic heterocycles. The first-order valence-corrected chi connectivity index (χ1v) is 10.3. The van der Waals surface area contributed by atoms with Crippen LogP contribution in [0.4, 0.5) is 30.4 Å². The number of carbonyl (C=O) groups is 1. The number of piperidine rings is 1. The number of anilines is 2. The number of hydrogen-bond donors (Lipinski definition) is 1. The van der Waals surface area contributed by atoms with Crippen LogP contribution < -0.4 is 10.2 Å². The molecular weight excluding hydrogens is 427 g/mol. The largest absolute Gasteiger partial charge is 0.416 e.